The van der Waals surface area contributed by atoms with E-state index in [9.17, 15) is 14.4 Å². The minimum absolute atomic E-state index is 0.0165. The van der Waals surface area contributed by atoms with E-state index in [1.165, 1.54) is 4.90 Å². The monoisotopic (exact) mass is 444 g/mol. The highest BCUT2D eigenvalue weighted by Crippen LogP contribution is 2.41. The number of amides is 3. The van der Waals surface area contributed by atoms with Crippen LogP contribution < -0.4 is 0 Å². The van der Waals surface area contributed by atoms with Crippen molar-refractivity contribution < 1.29 is 14.4 Å². The number of nitrogens with zero attached hydrogens (tertiary/aromatic N) is 4. The predicted octanol–water partition coefficient (Wildman–Crippen LogP) is 3.25. The molecule has 0 unspecified atom stereocenters. The van der Waals surface area contributed by atoms with Gasteiger partial charge in [-0.3, -0.25) is 19.3 Å². The molecule has 2 aromatic carbocycles. The minimum atomic E-state index is -1.16. The van der Waals surface area contributed by atoms with Gasteiger partial charge in [0.2, 0.25) is 17.7 Å². The lowest BCUT2D eigenvalue weighted by Crippen LogP contribution is -2.43. The SMILES string of the molecule is CCN1C(=O)C[C@](CC(=O)N(C)Cc2ccc(-n3cccn3)cc2)(c2ccccc2C)C1=O. The number of likely N-dealkylation sites (N-methyl/N-ethyl adjacent to an activating group) is 1. The van der Waals surface area contributed by atoms with Crippen molar-refractivity contribution in [1.29, 1.82) is 0 Å². The molecule has 0 aliphatic carbocycles. The summed E-state index contributed by atoms with van der Waals surface area (Å²) < 4.78 is 1.77. The van der Waals surface area contributed by atoms with Gasteiger partial charge >= 0.3 is 0 Å². The van der Waals surface area contributed by atoms with E-state index in [4.69, 9.17) is 0 Å². The molecule has 2 heterocycles. The highest BCUT2D eigenvalue weighted by Gasteiger charge is 2.54. The van der Waals surface area contributed by atoms with Gasteiger partial charge in [0.1, 0.15) is 0 Å². The Balaban J connectivity index is 1.55. The van der Waals surface area contributed by atoms with Gasteiger partial charge in [0.25, 0.3) is 0 Å². The lowest BCUT2D eigenvalue weighted by molar-refractivity contribution is -0.142. The molecule has 1 aliphatic heterocycles. The Kier molecular flexibility index (Phi) is 6.14. The third kappa shape index (κ3) is 4.18. The van der Waals surface area contributed by atoms with Crippen molar-refractivity contribution in [2.45, 2.75) is 38.6 Å². The van der Waals surface area contributed by atoms with Crippen LogP contribution in [-0.2, 0) is 26.3 Å². The Hall–Kier alpha value is -3.74. The van der Waals surface area contributed by atoms with Crippen LogP contribution in [0.1, 0.15) is 36.5 Å². The summed E-state index contributed by atoms with van der Waals surface area (Å²) in [5.74, 6) is -0.682. The molecule has 1 atom stereocenters. The second-order valence-corrected chi connectivity index (χ2v) is 8.56. The van der Waals surface area contributed by atoms with E-state index in [1.54, 1.807) is 29.7 Å². The average molecular weight is 445 g/mol. The lowest BCUT2D eigenvalue weighted by atomic mass is 9.74. The van der Waals surface area contributed by atoms with Crippen LogP contribution >= 0.6 is 0 Å². The van der Waals surface area contributed by atoms with Crippen molar-refractivity contribution in [2.24, 2.45) is 0 Å². The maximum absolute atomic E-state index is 13.4. The van der Waals surface area contributed by atoms with Gasteiger partial charge in [0.15, 0.2) is 0 Å². The molecular weight excluding hydrogens is 416 g/mol. The molecule has 170 valence electrons. The van der Waals surface area contributed by atoms with Crippen LogP contribution in [0.5, 0.6) is 0 Å². The number of carbonyl (C=O) groups excluding carboxylic acids is 3. The Labute approximate surface area is 193 Å². The van der Waals surface area contributed by atoms with E-state index < -0.39 is 5.41 Å². The van der Waals surface area contributed by atoms with Gasteiger partial charge < -0.3 is 4.90 Å². The summed E-state index contributed by atoms with van der Waals surface area (Å²) in [5, 5.41) is 4.22. The fraction of sp³-hybridized carbons (Fsp3) is 0.308. The highest BCUT2D eigenvalue weighted by molar-refractivity contribution is 6.10. The van der Waals surface area contributed by atoms with Gasteiger partial charge in [-0.05, 0) is 48.7 Å². The van der Waals surface area contributed by atoms with Crippen LogP contribution in [0.15, 0.2) is 67.0 Å². The van der Waals surface area contributed by atoms with Crippen molar-refractivity contribution in [2.75, 3.05) is 13.6 Å². The maximum Gasteiger partial charge on any atom is 0.240 e. The van der Waals surface area contributed by atoms with E-state index in [0.29, 0.717) is 13.1 Å². The Morgan fingerprint density at radius 1 is 1.09 bits per heavy atom. The number of rotatable bonds is 7. The van der Waals surface area contributed by atoms with Crippen LogP contribution in [0.3, 0.4) is 0 Å². The summed E-state index contributed by atoms with van der Waals surface area (Å²) >= 11 is 0. The molecule has 1 aliphatic rings. The molecule has 33 heavy (non-hydrogen) atoms. The fourth-order valence-corrected chi connectivity index (χ4v) is 4.61. The minimum Gasteiger partial charge on any atom is -0.341 e. The van der Waals surface area contributed by atoms with Gasteiger partial charge in [-0.1, -0.05) is 36.4 Å². The van der Waals surface area contributed by atoms with Crippen molar-refractivity contribution in [1.82, 2.24) is 19.6 Å². The van der Waals surface area contributed by atoms with Gasteiger partial charge in [-0.2, -0.15) is 5.10 Å². The van der Waals surface area contributed by atoms with Crippen molar-refractivity contribution in [3.8, 4) is 5.69 Å². The molecule has 0 N–H and O–H groups in total. The first-order valence-electron chi connectivity index (χ1n) is 11.1. The fourth-order valence-electron chi connectivity index (χ4n) is 4.61. The molecule has 0 bridgehead atoms. The Bertz CT molecular complexity index is 1170. The van der Waals surface area contributed by atoms with Crippen LogP contribution in [0.2, 0.25) is 0 Å². The van der Waals surface area contributed by atoms with E-state index in [0.717, 1.165) is 22.4 Å². The van der Waals surface area contributed by atoms with E-state index in [-0.39, 0.29) is 30.6 Å². The van der Waals surface area contributed by atoms with E-state index >= 15 is 0 Å². The van der Waals surface area contributed by atoms with Crippen LogP contribution in [0, 0.1) is 6.92 Å². The topological polar surface area (TPSA) is 75.5 Å². The summed E-state index contributed by atoms with van der Waals surface area (Å²) in [6, 6.07) is 17.2. The maximum atomic E-state index is 13.4. The first-order valence-corrected chi connectivity index (χ1v) is 11.1. The van der Waals surface area contributed by atoms with E-state index in [2.05, 4.69) is 5.10 Å². The zero-order valence-corrected chi connectivity index (χ0v) is 19.2. The van der Waals surface area contributed by atoms with Gasteiger partial charge in [0.05, 0.1) is 11.1 Å². The molecule has 3 amide bonds. The first kappa shape index (κ1) is 22.5. The second kappa shape index (κ2) is 9.02. The number of likely N-dealkylation sites (tertiary alicyclic amines) is 1. The smallest absolute Gasteiger partial charge is 0.240 e. The highest BCUT2D eigenvalue weighted by atomic mass is 16.2. The molecule has 0 spiro atoms. The number of benzene rings is 2. The van der Waals surface area contributed by atoms with Crippen molar-refractivity contribution in [3.05, 3.63) is 83.7 Å². The normalized spacial score (nSPS) is 18.1. The third-order valence-corrected chi connectivity index (χ3v) is 6.39. The van der Waals surface area contributed by atoms with Gasteiger partial charge in [-0.15, -0.1) is 0 Å². The lowest BCUT2D eigenvalue weighted by Gasteiger charge is -2.30. The summed E-state index contributed by atoms with van der Waals surface area (Å²) in [4.78, 5) is 42.3. The zero-order valence-electron chi connectivity index (χ0n) is 19.2. The molecule has 0 radical (unpaired) electrons. The number of aromatic nitrogens is 2. The third-order valence-electron chi connectivity index (χ3n) is 6.39. The molecule has 1 saturated heterocycles. The standard InChI is InChI=1S/C26H28N4O3/c1-4-29-24(32)17-26(25(29)33,22-9-6-5-8-19(22)2)16-23(31)28(3)18-20-10-12-21(13-11-20)30-15-7-14-27-30/h5-15H,4,16-18H2,1-3H3/t26-/m1/s1. The second-order valence-electron chi connectivity index (χ2n) is 8.56. The molecule has 0 saturated carbocycles. The molecular formula is C26H28N4O3. The number of aryl methyl sites for hydroxylation is 1. The van der Waals surface area contributed by atoms with Crippen LogP contribution in [0.25, 0.3) is 5.69 Å². The van der Waals surface area contributed by atoms with Crippen molar-refractivity contribution in [3.63, 3.8) is 0 Å². The molecule has 4 rings (SSSR count). The van der Waals surface area contributed by atoms with Crippen molar-refractivity contribution >= 4 is 17.7 Å². The number of hydrogen-bond acceptors (Lipinski definition) is 4. The molecule has 1 aromatic heterocycles. The van der Waals surface area contributed by atoms with Gasteiger partial charge in [0, 0.05) is 45.4 Å². The largest absolute Gasteiger partial charge is 0.341 e. The molecule has 7 nitrogen and oxygen atoms in total. The van der Waals surface area contributed by atoms with Crippen LogP contribution in [-0.4, -0.2) is 50.9 Å². The average Bonchev–Trinajstić information content (AvgIpc) is 3.42. The predicted molar refractivity (Wildman–Crippen MR) is 125 cm³/mol. The quantitative estimate of drug-likeness (QED) is 0.525. The number of hydrogen-bond donors (Lipinski definition) is 0. The summed E-state index contributed by atoms with van der Waals surface area (Å²) in [6.07, 6.45) is 3.57. The summed E-state index contributed by atoms with van der Waals surface area (Å²) in [6.45, 7) is 4.41. The Morgan fingerprint density at radius 3 is 2.42 bits per heavy atom. The molecule has 7 heteroatoms. The van der Waals surface area contributed by atoms with E-state index in [1.807, 2.05) is 67.7 Å². The Morgan fingerprint density at radius 2 is 1.82 bits per heavy atom. The molecule has 3 aromatic rings. The zero-order chi connectivity index (χ0) is 23.6. The van der Waals surface area contributed by atoms with Crippen LogP contribution in [0.4, 0.5) is 0 Å². The number of imide groups is 1. The van der Waals surface area contributed by atoms with Gasteiger partial charge in [-0.25, -0.2) is 4.68 Å². The number of carbonyl (C=O) groups is 3. The first-order chi connectivity index (χ1) is 15.9. The summed E-state index contributed by atoms with van der Waals surface area (Å²) in [7, 11) is 1.73. The molecule has 1 fully saturated rings. The summed E-state index contributed by atoms with van der Waals surface area (Å²) in [5.41, 5.74) is 2.40.